The standard InChI is InChI=1S/C15H19N3OS.ClH/c1-9-17-13-6-5-12(8-14(13)20-9)18-15(19)10-3-2-4-11(16)7-10;/h5-6,8,10-11H,2-4,7,16H2,1H3,(H,18,19);1H. The third kappa shape index (κ3) is 3.73. The minimum atomic E-state index is 0. The van der Waals surface area contributed by atoms with E-state index in [0.717, 1.165) is 46.6 Å². The van der Waals surface area contributed by atoms with Crippen LogP contribution in [-0.2, 0) is 4.79 Å². The SMILES string of the molecule is Cc1nc2ccc(NC(=O)C3CCCC(N)C3)cc2s1.Cl. The highest BCUT2D eigenvalue weighted by atomic mass is 35.5. The molecule has 3 rings (SSSR count). The van der Waals surface area contributed by atoms with Gasteiger partial charge in [0.25, 0.3) is 0 Å². The molecule has 2 aromatic rings. The molecule has 3 N–H and O–H groups in total. The number of hydrogen-bond acceptors (Lipinski definition) is 4. The van der Waals surface area contributed by atoms with Crippen LogP contribution in [0.15, 0.2) is 18.2 Å². The number of fused-ring (bicyclic) bond motifs is 1. The normalized spacial score (nSPS) is 21.8. The lowest BCUT2D eigenvalue weighted by molar-refractivity contribution is -0.120. The molecule has 114 valence electrons. The molecule has 0 bridgehead atoms. The Bertz CT molecular complexity index is 643. The number of nitrogens with one attached hydrogen (secondary N) is 1. The van der Waals surface area contributed by atoms with Crippen molar-refractivity contribution in [1.29, 1.82) is 0 Å². The first-order valence-electron chi connectivity index (χ1n) is 7.05. The number of anilines is 1. The van der Waals surface area contributed by atoms with Gasteiger partial charge in [-0.2, -0.15) is 0 Å². The van der Waals surface area contributed by atoms with Crippen LogP contribution in [0, 0.1) is 12.8 Å². The predicted octanol–water partition coefficient (Wildman–Crippen LogP) is 3.48. The van der Waals surface area contributed by atoms with Crippen LogP contribution in [0.25, 0.3) is 10.2 Å². The van der Waals surface area contributed by atoms with Crippen molar-refractivity contribution in [3.8, 4) is 0 Å². The summed E-state index contributed by atoms with van der Waals surface area (Å²) in [4.78, 5) is 16.7. The van der Waals surface area contributed by atoms with Gasteiger partial charge in [-0.3, -0.25) is 4.79 Å². The highest BCUT2D eigenvalue weighted by Crippen LogP contribution is 2.27. The molecular formula is C15H20ClN3OS. The van der Waals surface area contributed by atoms with E-state index in [2.05, 4.69) is 10.3 Å². The molecule has 2 atom stereocenters. The zero-order chi connectivity index (χ0) is 14.1. The number of thiazole rings is 1. The van der Waals surface area contributed by atoms with E-state index in [1.165, 1.54) is 0 Å². The van der Waals surface area contributed by atoms with Crippen LogP contribution in [0.2, 0.25) is 0 Å². The summed E-state index contributed by atoms with van der Waals surface area (Å²) in [6.07, 6.45) is 3.83. The van der Waals surface area contributed by atoms with Gasteiger partial charge in [-0.1, -0.05) is 6.42 Å². The van der Waals surface area contributed by atoms with Crippen molar-refractivity contribution in [3.05, 3.63) is 23.2 Å². The fourth-order valence-corrected chi connectivity index (χ4v) is 3.69. The largest absolute Gasteiger partial charge is 0.328 e. The summed E-state index contributed by atoms with van der Waals surface area (Å²) in [5, 5.41) is 4.06. The summed E-state index contributed by atoms with van der Waals surface area (Å²) >= 11 is 1.65. The molecule has 1 amide bonds. The van der Waals surface area contributed by atoms with Crippen molar-refractivity contribution in [3.63, 3.8) is 0 Å². The van der Waals surface area contributed by atoms with Gasteiger partial charge in [0.05, 0.1) is 15.2 Å². The van der Waals surface area contributed by atoms with Gasteiger partial charge in [0.2, 0.25) is 5.91 Å². The molecule has 0 aliphatic heterocycles. The van der Waals surface area contributed by atoms with Gasteiger partial charge in [0.15, 0.2) is 0 Å². The molecular weight excluding hydrogens is 306 g/mol. The monoisotopic (exact) mass is 325 g/mol. The number of carbonyl (C=O) groups is 1. The van der Waals surface area contributed by atoms with Crippen molar-refractivity contribution in [2.75, 3.05) is 5.32 Å². The molecule has 6 heteroatoms. The van der Waals surface area contributed by atoms with E-state index >= 15 is 0 Å². The number of amides is 1. The first kappa shape index (κ1) is 16.2. The second-order valence-electron chi connectivity index (χ2n) is 5.53. The molecule has 21 heavy (non-hydrogen) atoms. The fraction of sp³-hybridized carbons (Fsp3) is 0.467. The average molecular weight is 326 g/mol. The van der Waals surface area contributed by atoms with E-state index in [1.54, 1.807) is 11.3 Å². The number of nitrogens with two attached hydrogens (primary N) is 1. The van der Waals surface area contributed by atoms with Crippen LogP contribution in [0.5, 0.6) is 0 Å². The third-order valence-corrected chi connectivity index (χ3v) is 4.78. The molecule has 1 fully saturated rings. The smallest absolute Gasteiger partial charge is 0.227 e. The molecule has 1 heterocycles. The number of hydrogen-bond donors (Lipinski definition) is 2. The summed E-state index contributed by atoms with van der Waals surface area (Å²) in [5.41, 5.74) is 7.79. The Labute approximate surface area is 134 Å². The maximum atomic E-state index is 12.3. The second-order valence-corrected chi connectivity index (χ2v) is 6.76. The number of nitrogens with zero attached hydrogens (tertiary/aromatic N) is 1. The first-order chi connectivity index (χ1) is 9.61. The lowest BCUT2D eigenvalue weighted by Gasteiger charge is -2.25. The van der Waals surface area contributed by atoms with Gasteiger partial charge >= 0.3 is 0 Å². The molecule has 0 radical (unpaired) electrons. The Morgan fingerprint density at radius 1 is 1.43 bits per heavy atom. The lowest BCUT2D eigenvalue weighted by Crippen LogP contribution is -2.34. The van der Waals surface area contributed by atoms with E-state index < -0.39 is 0 Å². The maximum Gasteiger partial charge on any atom is 0.227 e. The minimum Gasteiger partial charge on any atom is -0.328 e. The van der Waals surface area contributed by atoms with E-state index in [0.29, 0.717) is 0 Å². The van der Waals surface area contributed by atoms with Crippen molar-refractivity contribution in [2.45, 2.75) is 38.6 Å². The molecule has 1 aromatic heterocycles. The Balaban J connectivity index is 0.00000161. The summed E-state index contributed by atoms with van der Waals surface area (Å²) in [6, 6.07) is 6.05. The van der Waals surface area contributed by atoms with Crippen molar-refractivity contribution in [1.82, 2.24) is 4.98 Å². The molecule has 4 nitrogen and oxygen atoms in total. The summed E-state index contributed by atoms with van der Waals surface area (Å²) in [5.74, 6) is 0.151. The van der Waals surface area contributed by atoms with Crippen LogP contribution < -0.4 is 11.1 Å². The zero-order valence-electron chi connectivity index (χ0n) is 12.0. The third-order valence-electron chi connectivity index (χ3n) is 3.85. The van der Waals surface area contributed by atoms with Gasteiger partial charge in [0, 0.05) is 17.6 Å². The molecule has 2 unspecified atom stereocenters. The Kier molecular flexibility index (Phi) is 5.19. The van der Waals surface area contributed by atoms with Crippen LogP contribution in [0.4, 0.5) is 5.69 Å². The summed E-state index contributed by atoms with van der Waals surface area (Å²) in [7, 11) is 0. The van der Waals surface area contributed by atoms with Crippen LogP contribution in [0.1, 0.15) is 30.7 Å². The van der Waals surface area contributed by atoms with E-state index in [4.69, 9.17) is 5.73 Å². The van der Waals surface area contributed by atoms with Crippen LogP contribution >= 0.6 is 23.7 Å². The number of aromatic nitrogens is 1. The van der Waals surface area contributed by atoms with Crippen molar-refractivity contribution >= 4 is 45.6 Å². The van der Waals surface area contributed by atoms with Gasteiger partial charge in [-0.15, -0.1) is 23.7 Å². The number of carbonyl (C=O) groups excluding carboxylic acids is 1. The molecule has 1 aromatic carbocycles. The highest BCUT2D eigenvalue weighted by Gasteiger charge is 2.25. The number of benzene rings is 1. The molecule has 0 saturated heterocycles. The van der Waals surface area contributed by atoms with E-state index in [9.17, 15) is 4.79 Å². The topological polar surface area (TPSA) is 68.0 Å². The summed E-state index contributed by atoms with van der Waals surface area (Å²) in [6.45, 7) is 1.99. The molecule has 0 spiro atoms. The Hall–Kier alpha value is -1.17. The number of rotatable bonds is 2. The van der Waals surface area contributed by atoms with Gasteiger partial charge in [-0.25, -0.2) is 4.98 Å². The quantitative estimate of drug-likeness (QED) is 0.888. The van der Waals surface area contributed by atoms with Crippen LogP contribution in [0.3, 0.4) is 0 Å². The Morgan fingerprint density at radius 2 is 2.24 bits per heavy atom. The summed E-state index contributed by atoms with van der Waals surface area (Å²) < 4.78 is 1.11. The van der Waals surface area contributed by atoms with Crippen LogP contribution in [-0.4, -0.2) is 16.9 Å². The fourth-order valence-electron chi connectivity index (χ4n) is 2.83. The van der Waals surface area contributed by atoms with E-state index in [-0.39, 0.29) is 30.3 Å². The first-order valence-corrected chi connectivity index (χ1v) is 7.87. The van der Waals surface area contributed by atoms with Gasteiger partial charge in [-0.05, 0) is 44.4 Å². The predicted molar refractivity (Wildman–Crippen MR) is 90.2 cm³/mol. The van der Waals surface area contributed by atoms with Gasteiger partial charge in [0.1, 0.15) is 0 Å². The lowest BCUT2D eigenvalue weighted by atomic mass is 9.85. The molecule has 1 saturated carbocycles. The van der Waals surface area contributed by atoms with Crippen molar-refractivity contribution < 1.29 is 4.79 Å². The van der Waals surface area contributed by atoms with E-state index in [1.807, 2.05) is 25.1 Å². The molecule has 1 aliphatic carbocycles. The second kappa shape index (κ2) is 6.73. The van der Waals surface area contributed by atoms with Gasteiger partial charge < -0.3 is 11.1 Å². The molecule has 1 aliphatic rings. The minimum absolute atomic E-state index is 0. The average Bonchev–Trinajstić information content (AvgIpc) is 2.78. The van der Waals surface area contributed by atoms with Crippen molar-refractivity contribution in [2.24, 2.45) is 11.7 Å². The number of aryl methyl sites for hydroxylation is 1. The number of halogens is 1. The highest BCUT2D eigenvalue weighted by molar-refractivity contribution is 7.18. The maximum absolute atomic E-state index is 12.3. The Morgan fingerprint density at radius 3 is 3.00 bits per heavy atom. The zero-order valence-corrected chi connectivity index (χ0v) is 13.6.